The van der Waals surface area contributed by atoms with Crippen LogP contribution in [0.25, 0.3) is 0 Å². The first-order valence-electron chi connectivity index (χ1n) is 9.34. The highest BCUT2D eigenvalue weighted by atomic mass is 16.6. The zero-order valence-electron chi connectivity index (χ0n) is 15.0. The first kappa shape index (κ1) is 15.7. The Kier molecular flexibility index (Phi) is 3.30. The Hall–Kier alpha value is -0.830. The minimum Gasteiger partial charge on any atom is -0.458 e. The van der Waals surface area contributed by atoms with Gasteiger partial charge in [0.15, 0.2) is 0 Å². The van der Waals surface area contributed by atoms with Crippen LogP contribution in [0.15, 0.2) is 11.6 Å². The van der Waals surface area contributed by atoms with Gasteiger partial charge in [-0.1, -0.05) is 20.8 Å². The van der Waals surface area contributed by atoms with Gasteiger partial charge in [-0.3, -0.25) is 0 Å². The van der Waals surface area contributed by atoms with Crippen LogP contribution in [-0.4, -0.2) is 24.3 Å². The molecule has 0 amide bonds. The Bertz CT molecular complexity index is 567. The van der Waals surface area contributed by atoms with E-state index in [1.54, 1.807) is 6.08 Å². The maximum absolute atomic E-state index is 11.3. The van der Waals surface area contributed by atoms with Crippen molar-refractivity contribution < 1.29 is 14.3 Å². The lowest BCUT2D eigenvalue weighted by Crippen LogP contribution is -2.56. The molecule has 23 heavy (non-hydrogen) atoms. The van der Waals surface area contributed by atoms with E-state index in [1.165, 1.54) is 31.3 Å². The Morgan fingerprint density at radius 3 is 2.70 bits per heavy atom. The number of hydrogen-bond acceptors (Lipinski definition) is 3. The van der Waals surface area contributed by atoms with Crippen molar-refractivity contribution in [3.05, 3.63) is 11.6 Å². The maximum Gasteiger partial charge on any atom is 0.331 e. The number of fused-ring (bicyclic) bond motifs is 3. The molecule has 4 rings (SSSR count). The molecular formula is C20H30O3. The molecule has 128 valence electrons. The second kappa shape index (κ2) is 4.84. The fraction of sp³-hybridized carbons (Fsp3) is 0.850. The molecule has 3 fully saturated rings. The molecule has 2 saturated carbocycles. The highest BCUT2D eigenvalue weighted by molar-refractivity contribution is 5.85. The van der Waals surface area contributed by atoms with Crippen LogP contribution in [0.5, 0.6) is 0 Å². The summed E-state index contributed by atoms with van der Waals surface area (Å²) in [5, 5.41) is 0. The number of carbonyl (C=O) groups is 1. The summed E-state index contributed by atoms with van der Waals surface area (Å²) in [4.78, 5) is 11.3. The molecule has 2 aliphatic carbocycles. The van der Waals surface area contributed by atoms with E-state index >= 15 is 0 Å². The molecule has 6 atom stereocenters. The van der Waals surface area contributed by atoms with E-state index in [2.05, 4.69) is 27.7 Å². The molecule has 0 spiro atoms. The summed E-state index contributed by atoms with van der Waals surface area (Å²) in [7, 11) is 0. The SMILES string of the molecule is CC1CCC2(C)C(CCC3OC32C)C1(C)CCC1=CC(=O)OC1. The minimum atomic E-state index is -0.161. The third-order valence-electron chi connectivity index (χ3n) is 8.29. The van der Waals surface area contributed by atoms with Gasteiger partial charge in [-0.25, -0.2) is 4.79 Å². The number of cyclic esters (lactones) is 1. The molecule has 0 aromatic carbocycles. The lowest BCUT2D eigenvalue weighted by molar-refractivity contribution is -0.134. The molecule has 2 aliphatic heterocycles. The summed E-state index contributed by atoms with van der Waals surface area (Å²) >= 11 is 0. The molecule has 1 saturated heterocycles. The Morgan fingerprint density at radius 2 is 2.00 bits per heavy atom. The lowest BCUT2D eigenvalue weighted by Gasteiger charge is -2.59. The van der Waals surface area contributed by atoms with Crippen LogP contribution in [0.2, 0.25) is 0 Å². The van der Waals surface area contributed by atoms with Crippen LogP contribution in [0.1, 0.15) is 66.2 Å². The van der Waals surface area contributed by atoms with Crippen LogP contribution >= 0.6 is 0 Å². The van der Waals surface area contributed by atoms with Crippen molar-refractivity contribution in [2.75, 3.05) is 6.61 Å². The Labute approximate surface area is 139 Å². The molecule has 3 nitrogen and oxygen atoms in total. The first-order chi connectivity index (χ1) is 10.8. The predicted molar refractivity (Wildman–Crippen MR) is 88.9 cm³/mol. The quantitative estimate of drug-likeness (QED) is 0.576. The predicted octanol–water partition coefficient (Wildman–Crippen LogP) is 4.26. The summed E-state index contributed by atoms with van der Waals surface area (Å²) in [5.41, 5.74) is 1.94. The zero-order chi connectivity index (χ0) is 16.5. The van der Waals surface area contributed by atoms with Crippen molar-refractivity contribution in [2.24, 2.45) is 22.7 Å². The third kappa shape index (κ3) is 2.08. The molecule has 0 aromatic heterocycles. The second-order valence-corrected chi connectivity index (χ2v) is 9.12. The fourth-order valence-electron chi connectivity index (χ4n) is 6.16. The van der Waals surface area contributed by atoms with Gasteiger partial charge in [-0.05, 0) is 68.3 Å². The number of epoxide rings is 1. The average molecular weight is 318 g/mol. The summed E-state index contributed by atoms with van der Waals surface area (Å²) < 4.78 is 11.3. The number of rotatable bonds is 3. The van der Waals surface area contributed by atoms with Crippen LogP contribution in [0, 0.1) is 22.7 Å². The minimum absolute atomic E-state index is 0.114. The van der Waals surface area contributed by atoms with Crippen LogP contribution in [0.3, 0.4) is 0 Å². The smallest absolute Gasteiger partial charge is 0.331 e. The molecule has 4 aliphatic rings. The summed E-state index contributed by atoms with van der Waals surface area (Å²) in [6.07, 6.45) is 9.49. The third-order valence-corrected chi connectivity index (χ3v) is 8.29. The van der Waals surface area contributed by atoms with Gasteiger partial charge in [0.05, 0.1) is 11.7 Å². The van der Waals surface area contributed by atoms with Gasteiger partial charge in [0, 0.05) is 11.5 Å². The van der Waals surface area contributed by atoms with E-state index in [0.29, 0.717) is 23.5 Å². The molecule has 0 aromatic rings. The van der Waals surface area contributed by atoms with Crippen molar-refractivity contribution >= 4 is 5.97 Å². The summed E-state index contributed by atoms with van der Waals surface area (Å²) in [6, 6.07) is 0. The number of esters is 1. The molecular weight excluding hydrogens is 288 g/mol. The molecule has 0 radical (unpaired) electrons. The van der Waals surface area contributed by atoms with Crippen molar-refractivity contribution in [1.29, 1.82) is 0 Å². The Balaban J connectivity index is 1.57. The van der Waals surface area contributed by atoms with Gasteiger partial charge in [0.25, 0.3) is 0 Å². The number of ether oxygens (including phenoxy) is 2. The normalized spacial score (nSPS) is 51.6. The van der Waals surface area contributed by atoms with Crippen LogP contribution < -0.4 is 0 Å². The molecule has 0 bridgehead atoms. The van der Waals surface area contributed by atoms with Gasteiger partial charge >= 0.3 is 5.97 Å². The number of carbonyl (C=O) groups excluding carboxylic acids is 1. The van der Waals surface area contributed by atoms with Crippen LogP contribution in [0.4, 0.5) is 0 Å². The van der Waals surface area contributed by atoms with E-state index < -0.39 is 0 Å². The van der Waals surface area contributed by atoms with Crippen molar-refractivity contribution in [2.45, 2.75) is 77.9 Å². The first-order valence-corrected chi connectivity index (χ1v) is 9.34. The zero-order valence-corrected chi connectivity index (χ0v) is 15.0. The van der Waals surface area contributed by atoms with Gasteiger partial charge < -0.3 is 9.47 Å². The highest BCUT2D eigenvalue weighted by Crippen LogP contribution is 2.70. The summed E-state index contributed by atoms with van der Waals surface area (Å²) in [5.74, 6) is 1.30. The topological polar surface area (TPSA) is 38.8 Å². The van der Waals surface area contributed by atoms with Crippen LogP contribution in [-0.2, 0) is 14.3 Å². The van der Waals surface area contributed by atoms with Gasteiger partial charge in [0.1, 0.15) is 6.61 Å². The fourth-order valence-corrected chi connectivity index (χ4v) is 6.16. The standard InChI is InChI=1S/C20H30O3/c1-13-7-10-19(3)15(5-6-16-20(19,4)23-16)18(13,2)9-8-14-11-17(21)22-12-14/h11,13,15-16H,5-10,12H2,1-4H3. The lowest BCUT2D eigenvalue weighted by atomic mass is 9.44. The van der Waals surface area contributed by atoms with E-state index in [-0.39, 0.29) is 11.6 Å². The number of hydrogen-bond donors (Lipinski definition) is 0. The largest absolute Gasteiger partial charge is 0.458 e. The highest BCUT2D eigenvalue weighted by Gasteiger charge is 2.71. The van der Waals surface area contributed by atoms with Crippen molar-refractivity contribution in [3.63, 3.8) is 0 Å². The molecule has 0 N–H and O–H groups in total. The molecule has 3 heteroatoms. The van der Waals surface area contributed by atoms with Gasteiger partial charge in [-0.15, -0.1) is 0 Å². The van der Waals surface area contributed by atoms with Gasteiger partial charge in [0.2, 0.25) is 0 Å². The molecule has 6 unspecified atom stereocenters. The molecule has 2 heterocycles. The Morgan fingerprint density at radius 1 is 1.22 bits per heavy atom. The average Bonchev–Trinajstić information content (AvgIpc) is 3.02. The monoisotopic (exact) mass is 318 g/mol. The van der Waals surface area contributed by atoms with Crippen molar-refractivity contribution in [1.82, 2.24) is 0 Å². The van der Waals surface area contributed by atoms with Gasteiger partial charge in [-0.2, -0.15) is 0 Å². The van der Waals surface area contributed by atoms with E-state index in [4.69, 9.17) is 9.47 Å². The van der Waals surface area contributed by atoms with E-state index in [0.717, 1.165) is 24.7 Å². The van der Waals surface area contributed by atoms with E-state index in [1.807, 2.05) is 0 Å². The van der Waals surface area contributed by atoms with Crippen molar-refractivity contribution in [3.8, 4) is 0 Å². The summed E-state index contributed by atoms with van der Waals surface area (Å²) in [6.45, 7) is 10.3. The van der Waals surface area contributed by atoms with E-state index in [9.17, 15) is 4.79 Å². The maximum atomic E-state index is 11.3. The second-order valence-electron chi connectivity index (χ2n) is 9.12.